The summed E-state index contributed by atoms with van der Waals surface area (Å²) in [5.74, 6) is 0. The highest BCUT2D eigenvalue weighted by Crippen LogP contribution is 2.46. The van der Waals surface area contributed by atoms with Crippen molar-refractivity contribution in [3.63, 3.8) is 0 Å². The van der Waals surface area contributed by atoms with Crippen LogP contribution >= 0.6 is 0 Å². The zero-order valence-corrected chi connectivity index (χ0v) is 23.0. The minimum absolute atomic E-state index is 0.619. The Balaban J connectivity index is 1.68. The van der Waals surface area contributed by atoms with Crippen molar-refractivity contribution in [3.8, 4) is 44.5 Å². The molecule has 0 nitrogen and oxygen atoms in total. The third kappa shape index (κ3) is 4.38. The Morgan fingerprint density at radius 2 is 0.783 bits per heavy atom. The van der Waals surface area contributed by atoms with Crippen molar-refractivity contribution in [3.05, 3.63) is 181 Å². The zero-order valence-electron chi connectivity index (χ0n) is 53.0. The second-order valence-corrected chi connectivity index (χ2v) is 9.75. The molecule has 9 rings (SSSR count). The first-order valence-electron chi connectivity index (χ1n) is 28.5. The highest BCUT2D eigenvalue weighted by molar-refractivity contribution is 6.24. The summed E-state index contributed by atoms with van der Waals surface area (Å²) < 4.78 is 270. The lowest BCUT2D eigenvalue weighted by atomic mass is 9.83. The van der Waals surface area contributed by atoms with Gasteiger partial charge < -0.3 is 0 Å². The molecule has 0 aliphatic rings. The van der Waals surface area contributed by atoms with Gasteiger partial charge in [-0.15, -0.1) is 0 Å². The molecule has 0 fully saturated rings. The van der Waals surface area contributed by atoms with E-state index >= 15 is 0 Å². The van der Waals surface area contributed by atoms with Crippen LogP contribution < -0.4 is 0 Å². The van der Waals surface area contributed by atoms with E-state index in [-0.39, 0.29) is 0 Å². The molecule has 46 heavy (non-hydrogen) atoms. The van der Waals surface area contributed by atoms with Crippen LogP contribution in [0.2, 0.25) is 0 Å². The van der Waals surface area contributed by atoms with Crippen LogP contribution in [0, 0.1) is 0 Å². The summed E-state index contributed by atoms with van der Waals surface area (Å²) in [4.78, 5) is 0. The van der Waals surface area contributed by atoms with Crippen molar-refractivity contribution in [2.75, 3.05) is 0 Å². The van der Waals surface area contributed by atoms with Crippen LogP contribution in [0.25, 0.3) is 87.6 Å². The molecule has 0 unspecified atom stereocenters. The fourth-order valence-electron chi connectivity index (χ4n) is 5.19. The van der Waals surface area contributed by atoms with E-state index in [4.69, 9.17) is 24.7 Å². The lowest BCUT2D eigenvalue weighted by Crippen LogP contribution is -1.92. The Kier molecular flexibility index (Phi) is 2.37. The average Bonchev–Trinajstić information content (AvgIpc) is 3.38. The van der Waals surface area contributed by atoms with Crippen LogP contribution in [0.4, 0.5) is 0 Å². The first-order valence-corrected chi connectivity index (χ1v) is 13.5. The Hall–Kier alpha value is -5.98. The van der Waals surface area contributed by atoms with Crippen molar-refractivity contribution >= 4 is 43.1 Å². The first-order chi connectivity index (χ1) is 35.3. The van der Waals surface area contributed by atoms with Crippen molar-refractivity contribution in [1.82, 2.24) is 0 Å². The fraction of sp³-hybridized carbons (Fsp3) is 0. The standard InChI is InChI=1S/C46H30/c1-2-11-31(12-3-1)33-21-24-35(25-22-33)45-41-18-8-9-19-42(41)46(40-20-10-16-34-14-6-7-17-39(34)40)43-28-27-38(30-44(43)45)37-26-23-32-13-4-5-15-36(32)29-37/h1-30H/i1D,2D,3D,4D,5D,6D,7D,8D,9D,10D,11D,12D,13D,14D,15D,16D,17D,18D,19D,20D,21D,22D,23D,24D,25D,26D,27D,28D,29D,30D. The Morgan fingerprint density at radius 3 is 1.59 bits per heavy atom. The number of benzene rings is 9. The quantitative estimate of drug-likeness (QED) is 0.173. The Bertz CT molecular complexity index is 4210. The molecule has 0 amide bonds. The van der Waals surface area contributed by atoms with Crippen molar-refractivity contribution in [1.29, 1.82) is 0 Å². The number of rotatable bonds is 4. The highest BCUT2D eigenvalue weighted by atomic mass is 14.2. The summed E-state index contributed by atoms with van der Waals surface area (Å²) in [5.41, 5.74) is -6.99. The van der Waals surface area contributed by atoms with Crippen LogP contribution in [0.15, 0.2) is 181 Å². The number of fused-ring (bicyclic) bond motifs is 4. The predicted octanol–water partition coefficient (Wildman–Crippen LogP) is 13.0. The molecule has 9 aromatic rings. The van der Waals surface area contributed by atoms with E-state index in [1.54, 1.807) is 0 Å². The number of hydrogen-bond acceptors (Lipinski definition) is 0. The summed E-state index contributed by atoms with van der Waals surface area (Å²) in [6, 6.07) is -30.2. The first kappa shape index (κ1) is 10.0. The monoisotopic (exact) mass is 612 g/mol. The van der Waals surface area contributed by atoms with E-state index in [0.29, 0.717) is 0 Å². The summed E-state index contributed by atoms with van der Waals surface area (Å²) in [5, 5.41) is -6.18. The molecule has 0 bridgehead atoms. The molecule has 0 aromatic heterocycles. The van der Waals surface area contributed by atoms with Gasteiger partial charge in [0.25, 0.3) is 0 Å². The van der Waals surface area contributed by atoms with Gasteiger partial charge in [-0.3, -0.25) is 0 Å². The van der Waals surface area contributed by atoms with Gasteiger partial charge in [-0.1, -0.05) is 169 Å². The SMILES string of the molecule is [2H]c1c([2H])c([2H])c(-c2c([2H])c([2H])c(-c3c4c([2H])c([2H])c([2H])c([2H])c4c(-c4c([2H])c([2H])c([2H])c5c([2H])c([2H])c([2H])c([2H])c45)c4c([2H])c([2H])c(-c5c([2H])c([2H])c6c([2H])c([2H])c([2H])c([2H])c6c5[2H])c([2H])c34)c([2H])c2[2H])c([2H])c1[2H]. The maximum Gasteiger partial charge on any atom is 0.0636 e. The van der Waals surface area contributed by atoms with E-state index in [1.165, 1.54) is 0 Å². The van der Waals surface area contributed by atoms with E-state index in [0.717, 1.165) is 0 Å². The van der Waals surface area contributed by atoms with Gasteiger partial charge in [-0.25, -0.2) is 0 Å². The van der Waals surface area contributed by atoms with Crippen molar-refractivity contribution in [2.45, 2.75) is 0 Å². The van der Waals surface area contributed by atoms with Gasteiger partial charge in [0, 0.05) is 0 Å². The molecule has 0 N–H and O–H groups in total. The van der Waals surface area contributed by atoms with Gasteiger partial charge in [-0.05, 0) is 99.7 Å². The molecule has 0 radical (unpaired) electrons. The second-order valence-electron chi connectivity index (χ2n) is 9.75. The van der Waals surface area contributed by atoms with Crippen LogP contribution in [-0.2, 0) is 0 Å². The third-order valence-corrected chi connectivity index (χ3v) is 7.19. The lowest BCUT2D eigenvalue weighted by molar-refractivity contribution is 1.61. The Morgan fingerprint density at radius 1 is 0.261 bits per heavy atom. The smallest absolute Gasteiger partial charge is 0.0622 e. The lowest BCUT2D eigenvalue weighted by Gasteiger charge is -2.20. The maximum atomic E-state index is 10.1. The normalized spacial score (nSPS) is 20.6. The molecule has 0 saturated carbocycles. The summed E-state index contributed by atoms with van der Waals surface area (Å²) in [6.07, 6.45) is 0. The predicted molar refractivity (Wildman–Crippen MR) is 198 cm³/mol. The highest BCUT2D eigenvalue weighted by Gasteiger charge is 2.19. The fourth-order valence-corrected chi connectivity index (χ4v) is 5.19. The summed E-state index contributed by atoms with van der Waals surface area (Å²) in [7, 11) is 0. The average molecular weight is 613 g/mol. The molecule has 0 heterocycles. The second kappa shape index (κ2) is 10.9. The van der Waals surface area contributed by atoms with Crippen molar-refractivity contribution in [2.24, 2.45) is 0 Å². The molecule has 0 atom stereocenters. The molecular formula is C46H30. The maximum absolute atomic E-state index is 10.1. The summed E-state index contributed by atoms with van der Waals surface area (Å²) in [6.45, 7) is 0. The van der Waals surface area contributed by atoms with E-state index < -0.39 is 269 Å². The molecule has 0 heteroatoms. The van der Waals surface area contributed by atoms with Gasteiger partial charge >= 0.3 is 0 Å². The minimum Gasteiger partial charge on any atom is -0.0622 e. The van der Waals surface area contributed by atoms with Crippen LogP contribution in [0.1, 0.15) is 41.1 Å². The molecule has 0 saturated heterocycles. The van der Waals surface area contributed by atoms with Gasteiger partial charge in [0.1, 0.15) is 0 Å². The largest absolute Gasteiger partial charge is 0.0636 e. The van der Waals surface area contributed by atoms with E-state index in [9.17, 15) is 16.4 Å². The van der Waals surface area contributed by atoms with E-state index in [2.05, 4.69) is 0 Å². The summed E-state index contributed by atoms with van der Waals surface area (Å²) >= 11 is 0. The minimum atomic E-state index is -1.17. The Labute approximate surface area is 311 Å². The van der Waals surface area contributed by atoms with E-state index in [1.807, 2.05) is 0 Å². The van der Waals surface area contributed by atoms with Crippen LogP contribution in [0.3, 0.4) is 0 Å². The molecule has 9 aromatic carbocycles. The van der Waals surface area contributed by atoms with Crippen molar-refractivity contribution < 1.29 is 41.1 Å². The van der Waals surface area contributed by atoms with Crippen LogP contribution in [-0.4, -0.2) is 0 Å². The van der Waals surface area contributed by atoms with Gasteiger partial charge in [0.2, 0.25) is 0 Å². The van der Waals surface area contributed by atoms with Crippen LogP contribution in [0.5, 0.6) is 0 Å². The molecule has 0 spiro atoms. The zero-order chi connectivity index (χ0) is 56.6. The molecular weight excluding hydrogens is 553 g/mol. The van der Waals surface area contributed by atoms with Gasteiger partial charge in [0.05, 0.1) is 41.1 Å². The van der Waals surface area contributed by atoms with Gasteiger partial charge in [-0.2, -0.15) is 0 Å². The number of hydrogen-bond donors (Lipinski definition) is 0. The molecule has 214 valence electrons. The topological polar surface area (TPSA) is 0 Å². The third-order valence-electron chi connectivity index (χ3n) is 7.19. The van der Waals surface area contributed by atoms with Gasteiger partial charge in [0.15, 0.2) is 0 Å². The molecule has 0 aliphatic carbocycles. The molecule has 0 aliphatic heterocycles.